The van der Waals surface area contributed by atoms with Crippen LogP contribution in [0.1, 0.15) is 35.7 Å². The fourth-order valence-electron chi connectivity index (χ4n) is 2.59. The molecule has 0 fully saturated rings. The molecule has 0 aliphatic carbocycles. The van der Waals surface area contributed by atoms with E-state index < -0.39 is 11.4 Å². The van der Waals surface area contributed by atoms with E-state index in [1.165, 1.54) is 12.3 Å². The number of aromatic carboxylic acids is 1. The predicted octanol–water partition coefficient (Wildman–Crippen LogP) is 3.91. The van der Waals surface area contributed by atoms with Crippen molar-refractivity contribution in [3.63, 3.8) is 0 Å². The number of nitrogens with zero attached hydrogens (tertiary/aromatic N) is 4. The normalized spacial score (nSPS) is 10.6. The molecule has 7 heteroatoms. The SMILES string of the molecule is [C-]#[N+]c1ncc[c-]c1-c1cccc(C(C)(C)c2cccc(C(=O)O)n2)n1.[Pt]. The monoisotopic (exact) mass is 538 g/mol. The van der Waals surface area contributed by atoms with Crippen molar-refractivity contribution in [2.75, 3.05) is 0 Å². The predicted molar refractivity (Wildman–Crippen MR) is 95.9 cm³/mol. The van der Waals surface area contributed by atoms with Gasteiger partial charge in [-0.15, -0.1) is 17.1 Å². The zero-order valence-electron chi connectivity index (χ0n) is 14.6. The molecule has 138 valence electrons. The molecule has 3 heterocycles. The van der Waals surface area contributed by atoms with Crippen molar-refractivity contribution in [3.8, 4) is 11.3 Å². The molecule has 0 atom stereocenters. The van der Waals surface area contributed by atoms with Crippen molar-refractivity contribution in [2.24, 2.45) is 0 Å². The Kier molecular flexibility index (Phi) is 6.20. The van der Waals surface area contributed by atoms with Gasteiger partial charge in [0.05, 0.1) is 11.9 Å². The Morgan fingerprint density at radius 1 is 1.15 bits per heavy atom. The van der Waals surface area contributed by atoms with Crippen LogP contribution in [0.2, 0.25) is 0 Å². The number of carboxylic acid groups (broad SMARTS) is 1. The molecule has 0 radical (unpaired) electrons. The Bertz CT molecular complexity index is 1030. The molecular weight excluding hydrogens is 523 g/mol. The van der Waals surface area contributed by atoms with Crippen LogP contribution >= 0.6 is 0 Å². The summed E-state index contributed by atoms with van der Waals surface area (Å²) < 4.78 is 0. The first-order valence-corrected chi connectivity index (χ1v) is 7.86. The van der Waals surface area contributed by atoms with Gasteiger partial charge in [0, 0.05) is 32.2 Å². The second-order valence-corrected chi connectivity index (χ2v) is 6.15. The van der Waals surface area contributed by atoms with Crippen LogP contribution in [-0.4, -0.2) is 26.0 Å². The van der Waals surface area contributed by atoms with Gasteiger partial charge in [-0.05, 0) is 43.3 Å². The molecule has 0 saturated heterocycles. The third-order valence-corrected chi connectivity index (χ3v) is 4.08. The molecule has 3 rings (SSSR count). The third kappa shape index (κ3) is 4.10. The Hall–Kier alpha value is -2.90. The largest absolute Gasteiger partial charge is 0.477 e. The molecule has 0 unspecified atom stereocenters. The Labute approximate surface area is 171 Å². The van der Waals surface area contributed by atoms with Crippen molar-refractivity contribution < 1.29 is 31.0 Å². The van der Waals surface area contributed by atoms with Crippen molar-refractivity contribution in [1.82, 2.24) is 15.0 Å². The van der Waals surface area contributed by atoms with E-state index in [2.05, 4.69) is 25.9 Å². The van der Waals surface area contributed by atoms with Gasteiger partial charge in [0.25, 0.3) is 0 Å². The first-order chi connectivity index (χ1) is 12.4. The van der Waals surface area contributed by atoms with E-state index in [-0.39, 0.29) is 32.6 Å². The maximum Gasteiger partial charge on any atom is 0.354 e. The average Bonchev–Trinajstić information content (AvgIpc) is 2.68. The van der Waals surface area contributed by atoms with Crippen LogP contribution in [-0.2, 0) is 26.5 Å². The van der Waals surface area contributed by atoms with Gasteiger partial charge in [0.1, 0.15) is 5.69 Å². The summed E-state index contributed by atoms with van der Waals surface area (Å²) in [7, 11) is 0. The first kappa shape index (κ1) is 20.4. The van der Waals surface area contributed by atoms with Gasteiger partial charge in [0.15, 0.2) is 0 Å². The summed E-state index contributed by atoms with van der Waals surface area (Å²) in [5, 5.41) is 9.18. The minimum Gasteiger partial charge on any atom is -0.477 e. The molecule has 6 nitrogen and oxygen atoms in total. The van der Waals surface area contributed by atoms with Gasteiger partial charge in [0.2, 0.25) is 0 Å². The molecule has 0 amide bonds. The Morgan fingerprint density at radius 2 is 1.81 bits per heavy atom. The number of carbonyl (C=O) groups is 1. The quantitative estimate of drug-likeness (QED) is 0.510. The van der Waals surface area contributed by atoms with E-state index in [1.54, 1.807) is 24.3 Å². The Balaban J connectivity index is 0.00000261. The summed E-state index contributed by atoms with van der Waals surface area (Å²) in [6, 6.07) is 15.1. The Morgan fingerprint density at radius 3 is 2.48 bits per heavy atom. The molecule has 0 bridgehead atoms. The standard InChI is InChI=1S/C20H15N4O2.Pt/c1-20(2,17-11-5-9-15(24-17)19(25)26)16-10-4-8-14(23-16)13-7-6-12-22-18(13)21-3;/h4-6,8-12H,1-2H3,(H,25,26);/q-1;. The van der Waals surface area contributed by atoms with Crippen LogP contribution in [0.25, 0.3) is 16.1 Å². The fourth-order valence-corrected chi connectivity index (χ4v) is 2.59. The maximum atomic E-state index is 11.2. The average molecular weight is 538 g/mol. The number of carboxylic acids is 1. The smallest absolute Gasteiger partial charge is 0.354 e. The second-order valence-electron chi connectivity index (χ2n) is 6.15. The molecule has 0 aliphatic rings. The molecule has 27 heavy (non-hydrogen) atoms. The van der Waals surface area contributed by atoms with E-state index in [4.69, 9.17) is 6.57 Å². The molecule has 0 aliphatic heterocycles. The van der Waals surface area contributed by atoms with Crippen LogP contribution in [0.15, 0.2) is 48.7 Å². The number of pyridine rings is 3. The van der Waals surface area contributed by atoms with Gasteiger partial charge in [-0.3, -0.25) is 4.98 Å². The van der Waals surface area contributed by atoms with Gasteiger partial charge < -0.3 is 9.95 Å². The van der Waals surface area contributed by atoms with Crippen molar-refractivity contribution >= 4 is 11.8 Å². The minimum absolute atomic E-state index is 0. The molecule has 1 N–H and O–H groups in total. The number of aromatic nitrogens is 3. The maximum absolute atomic E-state index is 11.2. The van der Waals surface area contributed by atoms with Crippen LogP contribution in [0, 0.1) is 12.6 Å². The molecular formula is C20H15N4O2Pt-. The molecule has 0 saturated carbocycles. The number of rotatable bonds is 4. The zero-order valence-corrected chi connectivity index (χ0v) is 16.9. The molecule has 3 aromatic rings. The van der Waals surface area contributed by atoms with Crippen molar-refractivity contribution in [1.29, 1.82) is 0 Å². The van der Waals surface area contributed by atoms with Gasteiger partial charge in [-0.1, -0.05) is 24.8 Å². The summed E-state index contributed by atoms with van der Waals surface area (Å²) in [6.07, 6.45) is 1.52. The first-order valence-electron chi connectivity index (χ1n) is 7.86. The van der Waals surface area contributed by atoms with Crippen LogP contribution in [0.3, 0.4) is 0 Å². The van der Waals surface area contributed by atoms with Crippen LogP contribution in [0.4, 0.5) is 5.82 Å². The zero-order chi connectivity index (χ0) is 18.7. The summed E-state index contributed by atoms with van der Waals surface area (Å²) in [6.45, 7) is 11.1. The van der Waals surface area contributed by atoms with Gasteiger partial charge in [-0.25, -0.2) is 9.78 Å². The topological polar surface area (TPSA) is 80.3 Å². The molecule has 3 aromatic heterocycles. The summed E-state index contributed by atoms with van der Waals surface area (Å²) in [4.78, 5) is 27.6. The van der Waals surface area contributed by atoms with Crippen LogP contribution < -0.4 is 0 Å². The summed E-state index contributed by atoms with van der Waals surface area (Å²) in [5.74, 6) is -0.836. The molecule has 0 aromatic carbocycles. The number of hydrogen-bond acceptors (Lipinski definition) is 4. The van der Waals surface area contributed by atoms with Crippen molar-refractivity contribution in [3.05, 3.63) is 83.2 Å². The summed E-state index contributed by atoms with van der Waals surface area (Å²) in [5.41, 5.74) is 1.79. The van der Waals surface area contributed by atoms with Gasteiger partial charge in [-0.2, -0.15) is 0 Å². The van der Waals surface area contributed by atoms with E-state index >= 15 is 0 Å². The minimum atomic E-state index is -1.07. The van der Waals surface area contributed by atoms with E-state index in [1.807, 2.05) is 26.0 Å². The van der Waals surface area contributed by atoms with Gasteiger partial charge >= 0.3 is 11.8 Å². The summed E-state index contributed by atoms with van der Waals surface area (Å²) >= 11 is 0. The van der Waals surface area contributed by atoms with E-state index in [9.17, 15) is 9.90 Å². The third-order valence-electron chi connectivity index (χ3n) is 4.08. The second kappa shape index (κ2) is 8.20. The van der Waals surface area contributed by atoms with Crippen molar-refractivity contribution in [2.45, 2.75) is 19.3 Å². The number of hydrogen-bond donors (Lipinski definition) is 1. The fraction of sp³-hybridized carbons (Fsp3) is 0.150. The van der Waals surface area contributed by atoms with Crippen LogP contribution in [0.5, 0.6) is 0 Å². The van der Waals surface area contributed by atoms with E-state index in [0.717, 1.165) is 0 Å². The molecule has 0 spiro atoms. The van der Waals surface area contributed by atoms with E-state index in [0.29, 0.717) is 22.6 Å².